The van der Waals surface area contributed by atoms with E-state index in [2.05, 4.69) is 30.4 Å². The SMILES string of the molecule is COC(CC1CCCC(C(=O)C=O)O1)/C(C)=C/C=C/C=C/C(C)CC(C)C(=O)CC(O)/C(C)=C/C(C)C(=O)CC(CCC1CCC(NCc2cnc(N3CCN(c4ncc(C=O)cn4)CC3CN=O)nc2)CC1)OC=O. The van der Waals surface area contributed by atoms with Crippen molar-refractivity contribution in [2.24, 2.45) is 28.8 Å². The number of allylic oxidation sites excluding steroid dienone is 6. The van der Waals surface area contributed by atoms with Gasteiger partial charge in [-0.15, -0.1) is 0 Å². The van der Waals surface area contributed by atoms with Gasteiger partial charge in [0.15, 0.2) is 12.6 Å². The van der Waals surface area contributed by atoms with Crippen LogP contribution in [-0.2, 0) is 44.7 Å². The van der Waals surface area contributed by atoms with E-state index < -0.39 is 30.0 Å². The fourth-order valence-electron chi connectivity index (χ4n) is 10.3. The van der Waals surface area contributed by atoms with Gasteiger partial charge in [-0.3, -0.25) is 28.8 Å². The number of nitroso groups, excluding NO2 is 1. The molecule has 19 nitrogen and oxygen atoms in total. The van der Waals surface area contributed by atoms with Crippen molar-refractivity contribution < 1.29 is 48.1 Å². The first-order chi connectivity index (χ1) is 36.6. The molecule has 2 aromatic rings. The second-order valence-electron chi connectivity index (χ2n) is 21.0. The summed E-state index contributed by atoms with van der Waals surface area (Å²) in [4.78, 5) is 105. The predicted octanol–water partition coefficient (Wildman–Crippen LogP) is 7.20. The Hall–Kier alpha value is -6.02. The molecule has 2 aliphatic heterocycles. The molecule has 76 heavy (non-hydrogen) atoms. The van der Waals surface area contributed by atoms with E-state index in [1.807, 2.05) is 61.0 Å². The van der Waals surface area contributed by atoms with E-state index in [4.69, 9.17) is 14.2 Å². The van der Waals surface area contributed by atoms with Crippen LogP contribution in [0.4, 0.5) is 11.9 Å². The van der Waals surface area contributed by atoms with Crippen LogP contribution in [0.5, 0.6) is 0 Å². The van der Waals surface area contributed by atoms with Gasteiger partial charge in [0, 0.05) is 101 Å². The summed E-state index contributed by atoms with van der Waals surface area (Å²) in [6.45, 7) is 12.0. The van der Waals surface area contributed by atoms with Crippen molar-refractivity contribution in [2.45, 2.75) is 167 Å². The standard InChI is InChI=1S/C57H80N8O11/c1-38(11-8-7-9-12-39(2)55(74-6)26-49-13-10-14-54(76-49)53(72)36-67)23-40(3)51(70)27-52(71)42(5)24-41(4)50(69)25-48(75-37-68)20-17-43-15-18-46(19-16-43)58-28-44-29-61-57(62-30-44)65-22-21-64(34-47(65)33-63-73)56-59-31-45(35-66)32-60-56/h7-9,11-12,24,29-32,35-38,40-41,43,46-49,52,54-55,58,71H,10,13-23,25-28,33-34H2,1-6H3/b9-7+,11-8+,39-12+,42-24+. The molecule has 1 aliphatic carbocycles. The smallest absolute Gasteiger partial charge is 0.293 e. The van der Waals surface area contributed by atoms with E-state index in [0.717, 1.165) is 56.1 Å². The highest BCUT2D eigenvalue weighted by atomic mass is 16.5. The highest BCUT2D eigenvalue weighted by Crippen LogP contribution is 2.31. The van der Waals surface area contributed by atoms with Crippen molar-refractivity contribution in [3.05, 3.63) is 88.4 Å². The van der Waals surface area contributed by atoms with Gasteiger partial charge in [-0.1, -0.05) is 62.4 Å². The molecule has 0 amide bonds. The predicted molar refractivity (Wildman–Crippen MR) is 288 cm³/mol. The maximum absolute atomic E-state index is 13.4. The molecule has 9 atom stereocenters. The van der Waals surface area contributed by atoms with Crippen molar-refractivity contribution in [3.8, 4) is 0 Å². The highest BCUT2D eigenvalue weighted by molar-refractivity contribution is 6.27. The molecule has 1 saturated carbocycles. The highest BCUT2D eigenvalue weighted by Gasteiger charge is 2.32. The normalized spacial score (nSPS) is 23.1. The van der Waals surface area contributed by atoms with Crippen molar-refractivity contribution in [2.75, 3.05) is 43.1 Å². The van der Waals surface area contributed by atoms with E-state index in [1.165, 1.54) is 12.4 Å². The number of nitrogens with zero attached hydrogens (tertiary/aromatic N) is 7. The number of carbonyl (C=O) groups is 6. The molecule has 2 saturated heterocycles. The fraction of sp³-hybridized carbons (Fsp3) is 0.614. The fourth-order valence-corrected chi connectivity index (χ4v) is 10.3. The number of methoxy groups -OCH3 is 1. The van der Waals surface area contributed by atoms with E-state index in [9.17, 15) is 38.8 Å². The van der Waals surface area contributed by atoms with Gasteiger partial charge in [0.1, 0.15) is 30.3 Å². The lowest BCUT2D eigenvalue weighted by molar-refractivity contribution is -0.145. The minimum atomic E-state index is -1.02. The summed E-state index contributed by atoms with van der Waals surface area (Å²) in [5.74, 6) is 0.0537. The van der Waals surface area contributed by atoms with Gasteiger partial charge in [-0.25, -0.2) is 19.9 Å². The van der Waals surface area contributed by atoms with Gasteiger partial charge in [-0.05, 0) is 101 Å². The van der Waals surface area contributed by atoms with Crippen LogP contribution in [0, 0.1) is 28.6 Å². The topological polar surface area (TPSA) is 250 Å². The molecule has 0 spiro atoms. The second-order valence-corrected chi connectivity index (χ2v) is 21.0. The summed E-state index contributed by atoms with van der Waals surface area (Å²) < 4.78 is 17.0. The third-order valence-electron chi connectivity index (χ3n) is 15.1. The van der Waals surface area contributed by atoms with Crippen LogP contribution in [0.2, 0.25) is 0 Å². The lowest BCUT2D eigenvalue weighted by Crippen LogP contribution is -2.55. The quantitative estimate of drug-likeness (QED) is 0.0241. The largest absolute Gasteiger partial charge is 0.464 e. The molecule has 4 heterocycles. The number of ketones is 3. The molecule has 2 N–H and O–H groups in total. The van der Waals surface area contributed by atoms with Crippen LogP contribution >= 0.6 is 0 Å². The number of carbonyl (C=O) groups excluding carboxylic acids is 6. The lowest BCUT2D eigenvalue weighted by Gasteiger charge is -2.40. The van der Waals surface area contributed by atoms with E-state index in [0.29, 0.717) is 106 Å². The Morgan fingerprint density at radius 1 is 0.895 bits per heavy atom. The molecule has 0 aromatic carbocycles. The van der Waals surface area contributed by atoms with Gasteiger partial charge in [-0.2, -0.15) is 4.91 Å². The van der Waals surface area contributed by atoms with Gasteiger partial charge >= 0.3 is 0 Å². The summed E-state index contributed by atoms with van der Waals surface area (Å²) in [5.41, 5.74) is 2.89. The first-order valence-corrected chi connectivity index (χ1v) is 27.0. The summed E-state index contributed by atoms with van der Waals surface area (Å²) in [7, 11) is 1.64. The van der Waals surface area contributed by atoms with E-state index in [1.54, 1.807) is 39.4 Å². The molecular weight excluding hydrogens is 973 g/mol. The summed E-state index contributed by atoms with van der Waals surface area (Å²) in [6, 6.07) is 0.0586. The number of aromatic nitrogens is 4. The number of ether oxygens (including phenoxy) is 3. The molecule has 5 rings (SSSR count). The molecular formula is C57H80N8O11. The summed E-state index contributed by atoms with van der Waals surface area (Å²) in [5, 5.41) is 17.8. The molecule has 2 aromatic heterocycles. The van der Waals surface area contributed by atoms with Crippen LogP contribution in [0.3, 0.4) is 0 Å². The van der Waals surface area contributed by atoms with Crippen LogP contribution in [-0.4, -0.2) is 137 Å². The minimum absolute atomic E-state index is 0.0493. The minimum Gasteiger partial charge on any atom is -0.464 e. The number of hydrogen-bond acceptors (Lipinski definition) is 19. The number of Topliss-reactive ketones (excluding diaryl/α,β-unsaturated/α-hetero) is 3. The van der Waals surface area contributed by atoms with Crippen LogP contribution in [0.25, 0.3) is 0 Å². The van der Waals surface area contributed by atoms with Gasteiger partial charge in [0.05, 0.1) is 29.9 Å². The third kappa shape index (κ3) is 19.5. The Balaban J connectivity index is 0.973. The number of aliphatic hydroxyl groups excluding tert-OH is 1. The van der Waals surface area contributed by atoms with E-state index in [-0.39, 0.29) is 61.0 Å². The second kappa shape index (κ2) is 31.9. The molecule has 414 valence electrons. The van der Waals surface area contributed by atoms with Crippen LogP contribution in [0.1, 0.15) is 134 Å². The van der Waals surface area contributed by atoms with Crippen molar-refractivity contribution in [1.29, 1.82) is 0 Å². The number of nitrogens with one attached hydrogen (secondary N) is 1. The Labute approximate surface area is 447 Å². The first-order valence-electron chi connectivity index (χ1n) is 27.0. The maximum Gasteiger partial charge on any atom is 0.293 e. The Kier molecular flexibility index (Phi) is 25.5. The molecule has 19 heteroatoms. The van der Waals surface area contributed by atoms with Crippen molar-refractivity contribution >= 4 is 48.3 Å². The number of aliphatic hydroxyl groups is 1. The number of aldehydes is 2. The summed E-state index contributed by atoms with van der Waals surface area (Å²) in [6.07, 6.45) is 25.3. The van der Waals surface area contributed by atoms with Crippen LogP contribution in [0.15, 0.2) is 77.6 Å². The lowest BCUT2D eigenvalue weighted by atomic mass is 9.82. The summed E-state index contributed by atoms with van der Waals surface area (Å²) >= 11 is 0. The van der Waals surface area contributed by atoms with Gasteiger partial charge in [0.25, 0.3) is 6.47 Å². The van der Waals surface area contributed by atoms with Crippen LogP contribution < -0.4 is 15.1 Å². The third-order valence-corrected chi connectivity index (χ3v) is 15.1. The zero-order valence-electron chi connectivity index (χ0n) is 45.2. The maximum atomic E-state index is 13.4. The molecule has 3 aliphatic rings. The Morgan fingerprint density at radius 2 is 1.62 bits per heavy atom. The Morgan fingerprint density at radius 3 is 2.29 bits per heavy atom. The zero-order chi connectivity index (χ0) is 55.0. The number of rotatable bonds is 32. The molecule has 0 radical (unpaired) electrons. The number of hydrogen-bond donors (Lipinski definition) is 2. The van der Waals surface area contributed by atoms with Gasteiger partial charge in [0.2, 0.25) is 17.7 Å². The number of piperazine rings is 1. The average molecular weight is 1050 g/mol. The average Bonchev–Trinajstić information content (AvgIpc) is 3.43. The monoisotopic (exact) mass is 1050 g/mol. The van der Waals surface area contributed by atoms with E-state index >= 15 is 0 Å². The van der Waals surface area contributed by atoms with Crippen molar-refractivity contribution in [3.63, 3.8) is 0 Å². The first kappa shape index (κ1) is 60.8. The van der Waals surface area contributed by atoms with Crippen molar-refractivity contribution in [1.82, 2.24) is 25.3 Å². The zero-order valence-corrected chi connectivity index (χ0v) is 45.2. The number of anilines is 2. The Bertz CT molecular complexity index is 2320. The molecule has 9 unspecified atom stereocenters. The molecule has 0 bridgehead atoms. The molecule has 3 fully saturated rings. The van der Waals surface area contributed by atoms with Gasteiger partial charge < -0.3 is 34.4 Å².